The first-order chi connectivity index (χ1) is 8.70. The fourth-order valence-corrected chi connectivity index (χ4v) is 2.36. The van der Waals surface area contributed by atoms with E-state index in [0.717, 1.165) is 11.1 Å². The fraction of sp³-hybridized carbons (Fsp3) is 0.0667. The summed E-state index contributed by atoms with van der Waals surface area (Å²) in [7, 11) is 0. The summed E-state index contributed by atoms with van der Waals surface area (Å²) in [6.45, 7) is 0. The van der Waals surface area contributed by atoms with Crippen LogP contribution < -0.4 is 0 Å². The molecule has 0 aliphatic carbocycles. The molecular weight excluding hydrogens is 287 g/mol. The van der Waals surface area contributed by atoms with Gasteiger partial charge in [0.25, 0.3) is 0 Å². The zero-order valence-corrected chi connectivity index (χ0v) is 11.8. The number of halogens is 3. The van der Waals surface area contributed by atoms with E-state index in [4.69, 9.17) is 34.8 Å². The van der Waals surface area contributed by atoms with Crippen LogP contribution in [0.2, 0.25) is 0 Å². The van der Waals surface area contributed by atoms with Crippen LogP contribution in [-0.2, 0) is 0 Å². The van der Waals surface area contributed by atoms with Crippen LogP contribution in [0.5, 0.6) is 0 Å². The third kappa shape index (κ3) is 3.08. The Hall–Kier alpha value is -0.950. The van der Waals surface area contributed by atoms with Crippen molar-refractivity contribution in [1.82, 2.24) is 0 Å². The van der Waals surface area contributed by atoms with Gasteiger partial charge in [0.15, 0.2) is 0 Å². The van der Waals surface area contributed by atoms with Gasteiger partial charge < -0.3 is 0 Å². The summed E-state index contributed by atoms with van der Waals surface area (Å²) in [5.41, 5.74) is 2.13. The van der Waals surface area contributed by atoms with Gasteiger partial charge in [-0.15, -0.1) is 0 Å². The lowest BCUT2D eigenvalue weighted by Crippen LogP contribution is -2.01. The van der Waals surface area contributed by atoms with Crippen molar-refractivity contribution in [1.29, 1.82) is 0 Å². The topological polar surface area (TPSA) is 0 Å². The Morgan fingerprint density at radius 2 is 1.06 bits per heavy atom. The summed E-state index contributed by atoms with van der Waals surface area (Å²) in [6, 6.07) is 19.8. The van der Waals surface area contributed by atoms with Crippen LogP contribution in [0.4, 0.5) is 0 Å². The van der Waals surface area contributed by atoms with Gasteiger partial charge in [-0.1, -0.05) is 95.5 Å². The van der Waals surface area contributed by atoms with E-state index in [1.54, 1.807) is 0 Å². The van der Waals surface area contributed by atoms with E-state index < -0.39 is 0 Å². The molecule has 0 saturated heterocycles. The predicted molar refractivity (Wildman–Crippen MR) is 79.3 cm³/mol. The molecule has 0 nitrogen and oxygen atoms in total. The van der Waals surface area contributed by atoms with Crippen molar-refractivity contribution in [3.8, 4) is 0 Å². The van der Waals surface area contributed by atoms with Crippen LogP contribution in [-0.4, -0.2) is 0 Å². The van der Waals surface area contributed by atoms with E-state index in [-0.39, 0.29) is 10.4 Å². The van der Waals surface area contributed by atoms with Crippen molar-refractivity contribution in [3.05, 3.63) is 81.3 Å². The van der Waals surface area contributed by atoms with Gasteiger partial charge in [0, 0.05) is 5.92 Å². The van der Waals surface area contributed by atoms with Gasteiger partial charge in [0.2, 0.25) is 0 Å². The van der Waals surface area contributed by atoms with Gasteiger partial charge in [0.05, 0.1) is 5.03 Å². The zero-order chi connectivity index (χ0) is 13.0. The Balaban J connectivity index is 2.53. The summed E-state index contributed by atoms with van der Waals surface area (Å²) < 4.78 is 0.106. The van der Waals surface area contributed by atoms with Gasteiger partial charge in [-0.3, -0.25) is 0 Å². The average Bonchev–Trinajstić information content (AvgIpc) is 2.41. The maximum atomic E-state index is 6.27. The van der Waals surface area contributed by atoms with E-state index in [1.807, 2.05) is 60.7 Å². The van der Waals surface area contributed by atoms with Gasteiger partial charge in [-0.25, -0.2) is 0 Å². The van der Waals surface area contributed by atoms with Gasteiger partial charge in [0.1, 0.15) is 4.49 Å². The second-order valence-electron chi connectivity index (χ2n) is 3.86. The van der Waals surface area contributed by atoms with E-state index >= 15 is 0 Å². The molecule has 2 aromatic rings. The lowest BCUT2D eigenvalue weighted by atomic mass is 9.91. The largest absolute Gasteiger partial charge is 0.122 e. The number of hydrogen-bond donors (Lipinski definition) is 0. The standard InChI is InChI=1S/C15H11Cl3/c16-14(15(17)18)13(11-7-3-1-4-8-11)12-9-5-2-6-10-12/h1-10,13H. The van der Waals surface area contributed by atoms with Crippen molar-refractivity contribution in [2.24, 2.45) is 0 Å². The molecule has 0 unspecified atom stereocenters. The second kappa shape index (κ2) is 6.29. The minimum atomic E-state index is -0.126. The lowest BCUT2D eigenvalue weighted by molar-refractivity contribution is 1.01. The van der Waals surface area contributed by atoms with Crippen molar-refractivity contribution < 1.29 is 0 Å². The van der Waals surface area contributed by atoms with E-state index in [2.05, 4.69) is 0 Å². The molecular formula is C15H11Cl3. The molecule has 0 spiro atoms. The SMILES string of the molecule is ClC(Cl)=C(Cl)C(c1ccccc1)c1ccccc1. The molecule has 0 atom stereocenters. The molecule has 0 aliphatic rings. The number of benzene rings is 2. The first-order valence-electron chi connectivity index (χ1n) is 5.50. The van der Waals surface area contributed by atoms with E-state index in [1.165, 1.54) is 0 Å². The Morgan fingerprint density at radius 1 is 0.667 bits per heavy atom. The first kappa shape index (κ1) is 13.5. The third-order valence-electron chi connectivity index (χ3n) is 2.70. The average molecular weight is 298 g/mol. The summed E-state index contributed by atoms with van der Waals surface area (Å²) in [4.78, 5) is 0. The summed E-state index contributed by atoms with van der Waals surface area (Å²) in [5.74, 6) is -0.126. The molecule has 2 rings (SSSR count). The number of hydrogen-bond acceptors (Lipinski definition) is 0. The highest BCUT2D eigenvalue weighted by atomic mass is 35.5. The Bertz CT molecular complexity index is 489. The molecule has 0 fully saturated rings. The van der Waals surface area contributed by atoms with Gasteiger partial charge in [-0.2, -0.15) is 0 Å². The van der Waals surface area contributed by atoms with Crippen LogP contribution in [0, 0.1) is 0 Å². The molecule has 0 amide bonds. The van der Waals surface area contributed by atoms with Crippen LogP contribution in [0.3, 0.4) is 0 Å². The van der Waals surface area contributed by atoms with Crippen molar-refractivity contribution in [2.45, 2.75) is 5.92 Å². The second-order valence-corrected chi connectivity index (χ2v) is 5.22. The maximum absolute atomic E-state index is 6.27. The van der Waals surface area contributed by atoms with E-state index in [0.29, 0.717) is 5.03 Å². The number of allylic oxidation sites excluding steroid dienone is 1. The Labute approximate surface area is 122 Å². The highest BCUT2D eigenvalue weighted by molar-refractivity contribution is 6.59. The molecule has 0 saturated carbocycles. The molecule has 0 bridgehead atoms. The molecule has 18 heavy (non-hydrogen) atoms. The molecule has 0 radical (unpaired) electrons. The first-order valence-corrected chi connectivity index (χ1v) is 6.64. The van der Waals surface area contributed by atoms with Crippen LogP contribution >= 0.6 is 34.8 Å². The zero-order valence-electron chi connectivity index (χ0n) is 9.48. The molecule has 92 valence electrons. The quantitative estimate of drug-likeness (QED) is 0.681. The molecule has 3 heteroatoms. The predicted octanol–water partition coefficient (Wildman–Crippen LogP) is 5.70. The minimum Gasteiger partial charge on any atom is -0.0855 e. The van der Waals surface area contributed by atoms with Crippen molar-refractivity contribution in [2.75, 3.05) is 0 Å². The Morgan fingerprint density at radius 3 is 1.39 bits per heavy atom. The molecule has 0 aliphatic heterocycles. The monoisotopic (exact) mass is 296 g/mol. The Kier molecular flexibility index (Phi) is 4.71. The van der Waals surface area contributed by atoms with E-state index in [9.17, 15) is 0 Å². The summed E-state index contributed by atoms with van der Waals surface area (Å²) in [5, 5.41) is 0.440. The van der Waals surface area contributed by atoms with Crippen LogP contribution in [0.15, 0.2) is 70.2 Å². The van der Waals surface area contributed by atoms with Gasteiger partial charge in [-0.05, 0) is 11.1 Å². The minimum absolute atomic E-state index is 0.106. The van der Waals surface area contributed by atoms with Crippen LogP contribution in [0.25, 0.3) is 0 Å². The molecule has 0 heterocycles. The van der Waals surface area contributed by atoms with Crippen molar-refractivity contribution in [3.63, 3.8) is 0 Å². The van der Waals surface area contributed by atoms with Gasteiger partial charge >= 0.3 is 0 Å². The summed E-state index contributed by atoms with van der Waals surface area (Å²) in [6.07, 6.45) is 0. The lowest BCUT2D eigenvalue weighted by Gasteiger charge is -2.17. The molecule has 0 aromatic heterocycles. The third-order valence-corrected chi connectivity index (χ3v) is 3.71. The van der Waals surface area contributed by atoms with Crippen molar-refractivity contribution >= 4 is 34.8 Å². The highest BCUT2D eigenvalue weighted by Gasteiger charge is 2.19. The number of rotatable bonds is 3. The molecule has 0 N–H and O–H groups in total. The smallest absolute Gasteiger partial charge is 0.0855 e. The fourth-order valence-electron chi connectivity index (χ4n) is 1.89. The summed E-state index contributed by atoms with van der Waals surface area (Å²) >= 11 is 17.9. The maximum Gasteiger partial charge on any atom is 0.122 e. The van der Waals surface area contributed by atoms with Crippen LogP contribution in [0.1, 0.15) is 17.0 Å². The molecule has 2 aromatic carbocycles. The normalized spacial score (nSPS) is 10.4. The highest BCUT2D eigenvalue weighted by Crippen LogP contribution is 2.37.